The maximum absolute atomic E-state index is 12.9. The van der Waals surface area contributed by atoms with Gasteiger partial charge in [0.2, 0.25) is 0 Å². The number of hydrogen-bond donors (Lipinski definition) is 1. The van der Waals surface area contributed by atoms with Crippen LogP contribution in [0.4, 0.5) is 0 Å². The molecule has 0 bridgehead atoms. The van der Waals surface area contributed by atoms with E-state index in [1.54, 1.807) is 18.5 Å². The van der Waals surface area contributed by atoms with E-state index in [0.717, 1.165) is 10.9 Å². The summed E-state index contributed by atoms with van der Waals surface area (Å²) in [6, 6.07) is 12.5. The van der Waals surface area contributed by atoms with Gasteiger partial charge >= 0.3 is 0 Å². The Morgan fingerprint density at radius 1 is 1.15 bits per heavy atom. The van der Waals surface area contributed by atoms with Gasteiger partial charge in [0.1, 0.15) is 0 Å². The Hall–Kier alpha value is -2.80. The van der Waals surface area contributed by atoms with Gasteiger partial charge in [0, 0.05) is 29.4 Å². The van der Waals surface area contributed by atoms with E-state index in [1.165, 1.54) is 0 Å². The van der Waals surface area contributed by atoms with Crippen molar-refractivity contribution in [1.29, 1.82) is 0 Å². The zero-order chi connectivity index (χ0) is 18.1. The fourth-order valence-electron chi connectivity index (χ4n) is 3.20. The summed E-state index contributed by atoms with van der Waals surface area (Å²) in [5, 5.41) is 3.59. The second-order valence-electron chi connectivity index (χ2n) is 6.39. The number of carbonyl (C=O) groups is 1. The number of aromatic nitrogens is 2. The van der Waals surface area contributed by atoms with E-state index in [2.05, 4.69) is 15.3 Å². The van der Waals surface area contributed by atoms with Gasteiger partial charge in [-0.3, -0.25) is 9.78 Å². The molecule has 26 heavy (non-hydrogen) atoms. The minimum atomic E-state index is -3.05. The lowest BCUT2D eigenvalue weighted by Crippen LogP contribution is -2.35. The van der Waals surface area contributed by atoms with Crippen LogP contribution in [-0.2, 0) is 9.84 Å². The minimum absolute atomic E-state index is 0.00276. The van der Waals surface area contributed by atoms with Crippen molar-refractivity contribution < 1.29 is 13.2 Å². The molecule has 1 aliphatic rings. The number of carbonyl (C=O) groups excluding carboxylic acids is 1. The Morgan fingerprint density at radius 3 is 2.73 bits per heavy atom. The van der Waals surface area contributed by atoms with Gasteiger partial charge in [-0.25, -0.2) is 13.4 Å². The summed E-state index contributed by atoms with van der Waals surface area (Å²) >= 11 is 0. The van der Waals surface area contributed by atoms with Crippen LogP contribution in [-0.4, -0.2) is 41.8 Å². The number of fused-ring (bicyclic) bond motifs is 1. The number of amides is 1. The van der Waals surface area contributed by atoms with Crippen molar-refractivity contribution in [3.05, 3.63) is 60.4 Å². The first-order valence-corrected chi connectivity index (χ1v) is 10.2. The number of benzene rings is 1. The van der Waals surface area contributed by atoms with Crippen LogP contribution in [0.15, 0.2) is 54.9 Å². The highest BCUT2D eigenvalue weighted by Crippen LogP contribution is 2.25. The third kappa shape index (κ3) is 3.30. The monoisotopic (exact) mass is 367 g/mol. The van der Waals surface area contributed by atoms with Crippen LogP contribution >= 0.6 is 0 Å². The molecular weight excluding hydrogens is 350 g/mol. The van der Waals surface area contributed by atoms with Crippen LogP contribution in [0.3, 0.4) is 0 Å². The maximum atomic E-state index is 12.9. The molecule has 0 saturated carbocycles. The molecule has 4 rings (SSSR count). The van der Waals surface area contributed by atoms with Crippen molar-refractivity contribution in [2.75, 3.05) is 11.5 Å². The first kappa shape index (κ1) is 16.7. The van der Waals surface area contributed by atoms with Crippen LogP contribution in [0.2, 0.25) is 0 Å². The van der Waals surface area contributed by atoms with Gasteiger partial charge in [0.05, 0.1) is 28.3 Å². The summed E-state index contributed by atoms with van der Waals surface area (Å²) in [6.07, 6.45) is 3.83. The van der Waals surface area contributed by atoms with Gasteiger partial charge < -0.3 is 5.32 Å². The first-order valence-electron chi connectivity index (χ1n) is 8.33. The van der Waals surface area contributed by atoms with Gasteiger partial charge in [-0.1, -0.05) is 18.2 Å². The highest BCUT2D eigenvalue weighted by atomic mass is 32.2. The Kier molecular flexibility index (Phi) is 4.16. The molecule has 1 fully saturated rings. The lowest BCUT2D eigenvalue weighted by atomic mass is 10.0. The van der Waals surface area contributed by atoms with Crippen molar-refractivity contribution in [3.8, 4) is 11.3 Å². The molecule has 132 valence electrons. The molecule has 1 aliphatic heterocycles. The largest absolute Gasteiger partial charge is 0.348 e. The molecule has 0 spiro atoms. The molecule has 2 aromatic heterocycles. The second-order valence-corrected chi connectivity index (χ2v) is 8.62. The summed E-state index contributed by atoms with van der Waals surface area (Å²) in [6.45, 7) is 0. The normalized spacial score (nSPS) is 18.7. The summed E-state index contributed by atoms with van der Waals surface area (Å²) in [4.78, 5) is 21.6. The predicted octanol–water partition coefficient (Wildman–Crippen LogP) is 2.21. The fourth-order valence-corrected chi connectivity index (χ4v) is 4.87. The highest BCUT2D eigenvalue weighted by molar-refractivity contribution is 7.91. The Labute approximate surface area is 151 Å². The summed E-state index contributed by atoms with van der Waals surface area (Å²) in [5.41, 5.74) is 2.66. The molecule has 3 heterocycles. The molecule has 0 aliphatic carbocycles. The molecule has 3 aromatic rings. The zero-order valence-electron chi connectivity index (χ0n) is 13.9. The smallest absolute Gasteiger partial charge is 0.252 e. The zero-order valence-corrected chi connectivity index (χ0v) is 14.7. The molecule has 0 unspecified atom stereocenters. The van der Waals surface area contributed by atoms with Crippen molar-refractivity contribution in [3.63, 3.8) is 0 Å². The van der Waals surface area contributed by atoms with E-state index in [4.69, 9.17) is 0 Å². The molecule has 1 saturated heterocycles. The minimum Gasteiger partial charge on any atom is -0.348 e. The lowest BCUT2D eigenvalue weighted by molar-refractivity contribution is 0.0943. The van der Waals surface area contributed by atoms with E-state index in [1.807, 2.05) is 36.4 Å². The van der Waals surface area contributed by atoms with Crippen LogP contribution in [0.25, 0.3) is 22.2 Å². The van der Waals surface area contributed by atoms with Gasteiger partial charge in [-0.05, 0) is 30.7 Å². The number of rotatable bonds is 3. The number of sulfone groups is 1. The van der Waals surface area contributed by atoms with Crippen molar-refractivity contribution >= 4 is 26.6 Å². The number of para-hydroxylation sites is 1. The van der Waals surface area contributed by atoms with E-state index in [-0.39, 0.29) is 23.5 Å². The van der Waals surface area contributed by atoms with Crippen LogP contribution in [0, 0.1) is 0 Å². The van der Waals surface area contributed by atoms with E-state index >= 15 is 0 Å². The van der Waals surface area contributed by atoms with Crippen molar-refractivity contribution in [1.82, 2.24) is 15.3 Å². The van der Waals surface area contributed by atoms with Crippen molar-refractivity contribution in [2.24, 2.45) is 0 Å². The summed E-state index contributed by atoms with van der Waals surface area (Å²) in [5.74, 6) is -0.163. The number of nitrogens with one attached hydrogen (secondary N) is 1. The lowest BCUT2D eigenvalue weighted by Gasteiger charge is -2.13. The number of hydrogen-bond acceptors (Lipinski definition) is 5. The van der Waals surface area contributed by atoms with Gasteiger partial charge in [-0.2, -0.15) is 0 Å². The third-order valence-electron chi connectivity index (χ3n) is 4.49. The standard InChI is InChI=1S/C19H17N3O3S/c23-19(21-14-7-9-26(24,25)12-14)16-10-18(13-4-3-8-20-11-13)22-17-6-2-1-5-15(16)17/h1-6,8,10-11,14H,7,9,12H2,(H,21,23)/t14-/m1/s1. The topological polar surface area (TPSA) is 89.0 Å². The van der Waals surface area contributed by atoms with E-state index in [0.29, 0.717) is 23.2 Å². The fraction of sp³-hybridized carbons (Fsp3) is 0.211. The second kappa shape index (κ2) is 6.49. The highest BCUT2D eigenvalue weighted by Gasteiger charge is 2.29. The average molecular weight is 367 g/mol. The SMILES string of the molecule is O=C(N[C@@H]1CCS(=O)(=O)C1)c1cc(-c2cccnc2)nc2ccccc12. The summed E-state index contributed by atoms with van der Waals surface area (Å²) in [7, 11) is -3.05. The van der Waals surface area contributed by atoms with Crippen LogP contribution in [0.1, 0.15) is 16.8 Å². The Balaban J connectivity index is 1.74. The van der Waals surface area contributed by atoms with Crippen molar-refractivity contribution in [2.45, 2.75) is 12.5 Å². The number of nitrogens with zero attached hydrogens (tertiary/aromatic N) is 2. The summed E-state index contributed by atoms with van der Waals surface area (Å²) < 4.78 is 23.3. The molecule has 1 aromatic carbocycles. The molecule has 1 amide bonds. The van der Waals surface area contributed by atoms with E-state index < -0.39 is 9.84 Å². The molecule has 6 nitrogen and oxygen atoms in total. The predicted molar refractivity (Wildman–Crippen MR) is 99.5 cm³/mol. The van der Waals surface area contributed by atoms with Gasteiger partial charge in [0.15, 0.2) is 9.84 Å². The third-order valence-corrected chi connectivity index (χ3v) is 6.25. The molecule has 0 radical (unpaired) electrons. The van der Waals surface area contributed by atoms with E-state index in [9.17, 15) is 13.2 Å². The van der Waals surface area contributed by atoms with Crippen LogP contribution in [0.5, 0.6) is 0 Å². The molecule has 1 atom stereocenters. The van der Waals surface area contributed by atoms with Crippen LogP contribution < -0.4 is 5.32 Å². The van der Waals surface area contributed by atoms with Gasteiger partial charge in [-0.15, -0.1) is 0 Å². The first-order chi connectivity index (χ1) is 12.5. The van der Waals surface area contributed by atoms with Gasteiger partial charge in [0.25, 0.3) is 5.91 Å². The molecule has 7 heteroatoms. The Morgan fingerprint density at radius 2 is 2.00 bits per heavy atom. The molecule has 1 N–H and O–H groups in total. The molecular formula is C19H17N3O3S. The number of pyridine rings is 2. The quantitative estimate of drug-likeness (QED) is 0.767. The Bertz CT molecular complexity index is 1080. The average Bonchev–Trinajstić information content (AvgIpc) is 2.99. The maximum Gasteiger partial charge on any atom is 0.252 e.